The van der Waals surface area contributed by atoms with E-state index >= 15 is 0 Å². The maximum atomic E-state index is 4.50. The van der Waals surface area contributed by atoms with Crippen LogP contribution in [0.5, 0.6) is 0 Å². The van der Waals surface area contributed by atoms with Crippen LogP contribution < -0.4 is 5.32 Å². The lowest BCUT2D eigenvalue weighted by molar-refractivity contribution is 0.541. The van der Waals surface area contributed by atoms with E-state index in [9.17, 15) is 0 Å². The Morgan fingerprint density at radius 2 is 2.22 bits per heavy atom. The Bertz CT molecular complexity index is 511. The van der Waals surface area contributed by atoms with Crippen molar-refractivity contribution in [1.82, 2.24) is 24.9 Å². The van der Waals surface area contributed by atoms with E-state index in [1.165, 1.54) is 11.3 Å². The van der Waals surface area contributed by atoms with Gasteiger partial charge in [-0.3, -0.25) is 9.36 Å². The molecule has 0 saturated carbocycles. The highest BCUT2D eigenvalue weighted by atomic mass is 15.3. The van der Waals surface area contributed by atoms with Gasteiger partial charge in [-0.15, -0.1) is 0 Å². The van der Waals surface area contributed by atoms with Crippen LogP contribution in [-0.4, -0.2) is 19.6 Å². The molecule has 2 rings (SSSR count). The van der Waals surface area contributed by atoms with Crippen molar-refractivity contribution >= 4 is 0 Å². The van der Waals surface area contributed by atoms with E-state index in [1.54, 1.807) is 0 Å². The Balaban J connectivity index is 1.95. The molecule has 0 aliphatic heterocycles. The molecule has 18 heavy (non-hydrogen) atoms. The summed E-state index contributed by atoms with van der Waals surface area (Å²) in [7, 11) is 1.96. The topological polar surface area (TPSA) is 47.7 Å². The van der Waals surface area contributed by atoms with Crippen LogP contribution in [-0.2, 0) is 20.1 Å². The summed E-state index contributed by atoms with van der Waals surface area (Å²) >= 11 is 0. The van der Waals surface area contributed by atoms with E-state index in [0.29, 0.717) is 0 Å². The molecule has 0 amide bonds. The number of aromatic nitrogens is 4. The fraction of sp³-hybridized carbons (Fsp3) is 0.538. The molecule has 1 atom stereocenters. The molecule has 1 N–H and O–H groups in total. The van der Waals surface area contributed by atoms with Crippen LogP contribution in [0.1, 0.15) is 36.8 Å². The number of nitrogens with one attached hydrogen (secondary N) is 1. The minimum atomic E-state index is 0.248. The van der Waals surface area contributed by atoms with Crippen molar-refractivity contribution < 1.29 is 0 Å². The second kappa shape index (κ2) is 5.35. The maximum absolute atomic E-state index is 4.50. The van der Waals surface area contributed by atoms with Gasteiger partial charge in [0.2, 0.25) is 0 Å². The summed E-state index contributed by atoms with van der Waals surface area (Å²) in [5.41, 5.74) is 3.52. The average molecular weight is 247 g/mol. The van der Waals surface area contributed by atoms with E-state index in [-0.39, 0.29) is 6.04 Å². The fourth-order valence-corrected chi connectivity index (χ4v) is 1.87. The first-order valence-electron chi connectivity index (χ1n) is 6.36. The smallest absolute Gasteiger partial charge is 0.0791 e. The Morgan fingerprint density at radius 1 is 1.44 bits per heavy atom. The zero-order chi connectivity index (χ0) is 13.1. The number of rotatable bonds is 5. The Morgan fingerprint density at radius 3 is 2.78 bits per heavy atom. The molecular weight excluding hydrogens is 226 g/mol. The molecule has 2 aromatic rings. The van der Waals surface area contributed by atoms with Crippen molar-refractivity contribution in [2.75, 3.05) is 0 Å². The summed E-state index contributed by atoms with van der Waals surface area (Å²) < 4.78 is 3.84. The minimum Gasteiger partial charge on any atom is -0.305 e. The lowest BCUT2D eigenvalue weighted by Gasteiger charge is -2.11. The lowest BCUT2D eigenvalue weighted by Crippen LogP contribution is -2.19. The second-order valence-corrected chi connectivity index (χ2v) is 4.58. The zero-order valence-electron chi connectivity index (χ0n) is 11.5. The molecule has 5 nitrogen and oxygen atoms in total. The minimum absolute atomic E-state index is 0.248. The van der Waals surface area contributed by atoms with Crippen LogP contribution in [0.3, 0.4) is 0 Å². The quantitative estimate of drug-likeness (QED) is 0.876. The van der Waals surface area contributed by atoms with Crippen molar-refractivity contribution in [3.63, 3.8) is 0 Å². The summed E-state index contributed by atoms with van der Waals surface area (Å²) in [4.78, 5) is 0. The lowest BCUT2D eigenvalue weighted by atomic mass is 10.2. The van der Waals surface area contributed by atoms with E-state index in [1.807, 2.05) is 28.8 Å². The molecule has 0 radical (unpaired) electrons. The molecule has 2 aromatic heterocycles. The molecule has 1 unspecified atom stereocenters. The van der Waals surface area contributed by atoms with Crippen LogP contribution in [0.25, 0.3) is 0 Å². The summed E-state index contributed by atoms with van der Waals surface area (Å²) in [5.74, 6) is 0. The predicted molar refractivity (Wildman–Crippen MR) is 71.1 cm³/mol. The van der Waals surface area contributed by atoms with Crippen LogP contribution in [0.4, 0.5) is 0 Å². The monoisotopic (exact) mass is 247 g/mol. The van der Waals surface area contributed by atoms with Gasteiger partial charge in [-0.2, -0.15) is 10.2 Å². The van der Waals surface area contributed by atoms with Crippen molar-refractivity contribution in [2.24, 2.45) is 7.05 Å². The first kappa shape index (κ1) is 12.8. The standard InChI is InChI=1S/C13H21N5/c1-5-18-7-6-13(16-18)10(2)14-8-12-9-15-17(4)11(12)3/h6-7,9-10,14H,5,8H2,1-4H3. The third-order valence-electron chi connectivity index (χ3n) is 3.36. The van der Waals surface area contributed by atoms with Gasteiger partial charge in [0.1, 0.15) is 0 Å². The molecule has 0 aromatic carbocycles. The van der Waals surface area contributed by atoms with Gasteiger partial charge in [0.05, 0.1) is 11.9 Å². The highest BCUT2D eigenvalue weighted by molar-refractivity contribution is 5.16. The Labute approximate surface area is 108 Å². The van der Waals surface area contributed by atoms with Crippen molar-refractivity contribution in [3.05, 3.63) is 35.4 Å². The molecule has 0 bridgehead atoms. The molecule has 0 saturated heterocycles. The molecule has 98 valence electrons. The third-order valence-corrected chi connectivity index (χ3v) is 3.36. The molecule has 0 spiro atoms. The van der Waals surface area contributed by atoms with Gasteiger partial charge < -0.3 is 5.32 Å². The predicted octanol–water partition coefficient (Wildman–Crippen LogP) is 1.80. The Hall–Kier alpha value is -1.62. The second-order valence-electron chi connectivity index (χ2n) is 4.58. The van der Waals surface area contributed by atoms with E-state index in [4.69, 9.17) is 0 Å². The van der Waals surface area contributed by atoms with Gasteiger partial charge in [-0.1, -0.05) is 0 Å². The van der Waals surface area contributed by atoms with Crippen molar-refractivity contribution in [1.29, 1.82) is 0 Å². The molecule has 2 heterocycles. The van der Waals surface area contributed by atoms with Crippen LogP contribution in [0, 0.1) is 6.92 Å². The van der Waals surface area contributed by atoms with Crippen LogP contribution in [0.2, 0.25) is 0 Å². The maximum Gasteiger partial charge on any atom is 0.0791 e. The van der Waals surface area contributed by atoms with Gasteiger partial charge in [0, 0.05) is 43.6 Å². The number of nitrogens with zero attached hydrogens (tertiary/aromatic N) is 4. The van der Waals surface area contributed by atoms with Crippen LogP contribution >= 0.6 is 0 Å². The summed E-state index contributed by atoms with van der Waals surface area (Å²) in [6.07, 6.45) is 3.93. The first-order valence-corrected chi connectivity index (χ1v) is 6.36. The van der Waals surface area contributed by atoms with Crippen molar-refractivity contribution in [3.8, 4) is 0 Å². The van der Waals surface area contributed by atoms with Gasteiger partial charge in [0.25, 0.3) is 0 Å². The number of hydrogen-bond donors (Lipinski definition) is 1. The fourth-order valence-electron chi connectivity index (χ4n) is 1.87. The highest BCUT2D eigenvalue weighted by Crippen LogP contribution is 2.12. The Kier molecular flexibility index (Phi) is 3.81. The van der Waals surface area contributed by atoms with Gasteiger partial charge >= 0.3 is 0 Å². The van der Waals surface area contributed by atoms with E-state index in [0.717, 1.165) is 18.8 Å². The molecular formula is C13H21N5. The van der Waals surface area contributed by atoms with Crippen molar-refractivity contribution in [2.45, 2.75) is 39.9 Å². The number of hydrogen-bond acceptors (Lipinski definition) is 3. The number of aryl methyl sites for hydroxylation is 2. The average Bonchev–Trinajstić information content (AvgIpc) is 2.96. The van der Waals surface area contributed by atoms with Crippen LogP contribution in [0.15, 0.2) is 18.5 Å². The van der Waals surface area contributed by atoms with E-state index in [2.05, 4.69) is 42.4 Å². The normalized spacial score (nSPS) is 12.9. The summed E-state index contributed by atoms with van der Waals surface area (Å²) in [6, 6.07) is 2.31. The molecule has 0 aliphatic rings. The van der Waals surface area contributed by atoms with Gasteiger partial charge in [-0.25, -0.2) is 0 Å². The zero-order valence-corrected chi connectivity index (χ0v) is 11.5. The SMILES string of the molecule is CCn1ccc(C(C)NCc2cnn(C)c2C)n1. The van der Waals surface area contributed by atoms with Gasteiger partial charge in [-0.05, 0) is 26.8 Å². The third kappa shape index (κ3) is 2.61. The largest absolute Gasteiger partial charge is 0.305 e. The summed E-state index contributed by atoms with van der Waals surface area (Å²) in [6.45, 7) is 8.04. The molecule has 5 heteroatoms. The summed E-state index contributed by atoms with van der Waals surface area (Å²) in [5, 5.41) is 12.2. The molecule has 0 aliphatic carbocycles. The molecule has 0 fully saturated rings. The van der Waals surface area contributed by atoms with Gasteiger partial charge in [0.15, 0.2) is 0 Å². The van der Waals surface area contributed by atoms with E-state index < -0.39 is 0 Å². The first-order chi connectivity index (χ1) is 8.61. The highest BCUT2D eigenvalue weighted by Gasteiger charge is 2.10.